The molecule has 7 heteroatoms. The second kappa shape index (κ2) is 8.16. The van der Waals surface area contributed by atoms with Gasteiger partial charge in [0.2, 0.25) is 0 Å². The molecule has 1 aromatic carbocycles. The Morgan fingerprint density at radius 1 is 1.19 bits per heavy atom. The normalized spacial score (nSPS) is 14.1. The first kappa shape index (κ1) is 18.8. The van der Waals surface area contributed by atoms with Crippen molar-refractivity contribution in [3.8, 4) is 5.69 Å². The summed E-state index contributed by atoms with van der Waals surface area (Å²) < 4.78 is 1.64. The Labute approximate surface area is 158 Å². The Balaban J connectivity index is 1.95. The molecule has 0 aliphatic heterocycles. The van der Waals surface area contributed by atoms with Crippen LogP contribution in [0.1, 0.15) is 66.6 Å². The summed E-state index contributed by atoms with van der Waals surface area (Å²) in [6.07, 6.45) is 4.84. The van der Waals surface area contributed by atoms with Crippen LogP contribution in [-0.2, 0) is 0 Å². The molecular weight excluding hydrogens is 342 g/mol. The van der Waals surface area contributed by atoms with E-state index in [1.807, 2.05) is 19.9 Å². The maximum Gasteiger partial charge on any atom is 0.274 e. The summed E-state index contributed by atoms with van der Waals surface area (Å²) in [4.78, 5) is 24.5. The van der Waals surface area contributed by atoms with Crippen LogP contribution in [0.2, 0.25) is 0 Å². The van der Waals surface area contributed by atoms with Crippen LogP contribution < -0.4 is 10.6 Å². The number of rotatable bonds is 7. The van der Waals surface area contributed by atoms with Crippen LogP contribution in [0.4, 0.5) is 0 Å². The van der Waals surface area contributed by atoms with Gasteiger partial charge in [0, 0.05) is 18.2 Å². The van der Waals surface area contributed by atoms with Crippen molar-refractivity contribution in [2.45, 2.75) is 46.1 Å². The molecule has 2 aromatic rings. The molecule has 142 valence electrons. The van der Waals surface area contributed by atoms with Gasteiger partial charge in [0.25, 0.3) is 11.8 Å². The Bertz CT molecular complexity index is 863. The molecule has 0 radical (unpaired) electrons. The number of hydrogen-bond acceptors (Lipinski definition) is 4. The highest BCUT2D eigenvalue weighted by molar-refractivity contribution is 5.96. The van der Waals surface area contributed by atoms with Crippen molar-refractivity contribution < 1.29 is 9.59 Å². The standard InChI is InChI=1S/C20H25N5O2/c1-4-13(3)12-17-18(20(27)22-15-8-9-15)23-24-25(17)16-10-6-14(7-11-16)19(26)21-5-2/h6-7,10-12,15H,4-5,8-9H2,1-3H3,(H,21,26)(H,22,27)/b13-12-. The number of nitrogens with one attached hydrogen (secondary N) is 2. The number of aromatic nitrogens is 3. The van der Waals surface area contributed by atoms with Gasteiger partial charge in [-0.1, -0.05) is 17.7 Å². The molecule has 7 nitrogen and oxygen atoms in total. The molecule has 0 saturated heterocycles. The molecule has 1 heterocycles. The molecule has 0 spiro atoms. The Hall–Kier alpha value is -2.96. The average Bonchev–Trinajstić information content (AvgIpc) is 3.39. The topological polar surface area (TPSA) is 88.9 Å². The lowest BCUT2D eigenvalue weighted by atomic mass is 10.1. The van der Waals surface area contributed by atoms with Gasteiger partial charge in [-0.05, 0) is 63.5 Å². The molecule has 1 fully saturated rings. The highest BCUT2D eigenvalue weighted by Gasteiger charge is 2.27. The average molecular weight is 367 g/mol. The lowest BCUT2D eigenvalue weighted by Crippen LogP contribution is -2.26. The highest BCUT2D eigenvalue weighted by atomic mass is 16.2. The van der Waals surface area contributed by atoms with E-state index in [4.69, 9.17) is 0 Å². The van der Waals surface area contributed by atoms with Gasteiger partial charge in [0.15, 0.2) is 5.69 Å². The van der Waals surface area contributed by atoms with E-state index < -0.39 is 0 Å². The first-order valence-corrected chi connectivity index (χ1v) is 9.35. The minimum atomic E-state index is -0.196. The first-order chi connectivity index (χ1) is 13.0. The zero-order chi connectivity index (χ0) is 19.4. The van der Waals surface area contributed by atoms with Crippen molar-refractivity contribution in [3.63, 3.8) is 0 Å². The van der Waals surface area contributed by atoms with E-state index in [9.17, 15) is 9.59 Å². The molecule has 0 bridgehead atoms. The van der Waals surface area contributed by atoms with Crippen LogP contribution in [0.25, 0.3) is 11.8 Å². The molecule has 2 N–H and O–H groups in total. The van der Waals surface area contributed by atoms with Gasteiger partial charge < -0.3 is 10.6 Å². The van der Waals surface area contributed by atoms with E-state index in [0.717, 1.165) is 30.5 Å². The largest absolute Gasteiger partial charge is 0.352 e. The van der Waals surface area contributed by atoms with Crippen molar-refractivity contribution in [2.75, 3.05) is 6.54 Å². The van der Waals surface area contributed by atoms with Crippen LogP contribution in [-0.4, -0.2) is 39.4 Å². The van der Waals surface area contributed by atoms with Crippen molar-refractivity contribution in [1.29, 1.82) is 0 Å². The summed E-state index contributed by atoms with van der Waals surface area (Å²) in [6.45, 7) is 6.53. The number of allylic oxidation sites excluding steroid dienone is 1. The Kier molecular flexibility index (Phi) is 5.69. The summed E-state index contributed by atoms with van der Waals surface area (Å²) in [6, 6.07) is 7.35. The monoisotopic (exact) mass is 367 g/mol. The van der Waals surface area contributed by atoms with E-state index >= 15 is 0 Å². The predicted molar refractivity (Wildman–Crippen MR) is 104 cm³/mol. The molecule has 0 atom stereocenters. The summed E-state index contributed by atoms with van der Waals surface area (Å²) in [7, 11) is 0. The smallest absolute Gasteiger partial charge is 0.274 e. The third kappa shape index (κ3) is 4.42. The molecule has 0 unspecified atom stereocenters. The number of amides is 2. The second-order valence-electron chi connectivity index (χ2n) is 6.73. The van der Waals surface area contributed by atoms with Crippen LogP contribution in [0.5, 0.6) is 0 Å². The molecule has 1 aromatic heterocycles. The van der Waals surface area contributed by atoms with E-state index in [1.54, 1.807) is 28.9 Å². The molecule has 1 aliphatic rings. The minimum absolute atomic E-state index is 0.117. The number of benzene rings is 1. The second-order valence-corrected chi connectivity index (χ2v) is 6.73. The molecule has 2 amide bonds. The fourth-order valence-electron chi connectivity index (χ4n) is 2.60. The maximum absolute atomic E-state index is 12.5. The van der Waals surface area contributed by atoms with E-state index in [0.29, 0.717) is 23.5 Å². The SMILES string of the molecule is CCNC(=O)c1ccc(-n2nnc(C(=O)NC3CC3)c2/C=C(/C)CC)cc1. The van der Waals surface area contributed by atoms with Crippen LogP contribution in [0.15, 0.2) is 29.8 Å². The van der Waals surface area contributed by atoms with E-state index in [2.05, 4.69) is 27.9 Å². The Morgan fingerprint density at radius 3 is 2.48 bits per heavy atom. The number of carbonyl (C=O) groups is 2. The van der Waals surface area contributed by atoms with Gasteiger partial charge in [-0.25, -0.2) is 4.68 Å². The van der Waals surface area contributed by atoms with Crippen molar-refractivity contribution in [3.05, 3.63) is 46.8 Å². The number of hydrogen-bond donors (Lipinski definition) is 2. The zero-order valence-electron chi connectivity index (χ0n) is 16.0. The van der Waals surface area contributed by atoms with Gasteiger partial charge in [0.1, 0.15) is 5.69 Å². The molecule has 27 heavy (non-hydrogen) atoms. The molecule has 1 saturated carbocycles. The van der Waals surface area contributed by atoms with Gasteiger partial charge in [-0.15, -0.1) is 5.10 Å². The fourth-order valence-corrected chi connectivity index (χ4v) is 2.60. The molecule has 1 aliphatic carbocycles. The van der Waals surface area contributed by atoms with Crippen LogP contribution in [0.3, 0.4) is 0 Å². The third-order valence-electron chi connectivity index (χ3n) is 4.48. The Morgan fingerprint density at radius 2 is 1.89 bits per heavy atom. The van der Waals surface area contributed by atoms with E-state index in [1.165, 1.54) is 0 Å². The zero-order valence-corrected chi connectivity index (χ0v) is 16.0. The van der Waals surface area contributed by atoms with E-state index in [-0.39, 0.29) is 17.9 Å². The van der Waals surface area contributed by atoms with Gasteiger partial charge in [-0.2, -0.15) is 0 Å². The summed E-state index contributed by atoms with van der Waals surface area (Å²) in [5.74, 6) is -0.313. The highest BCUT2D eigenvalue weighted by Crippen LogP contribution is 2.22. The number of nitrogens with zero attached hydrogens (tertiary/aromatic N) is 3. The van der Waals surface area contributed by atoms with Crippen LogP contribution in [0, 0.1) is 0 Å². The summed E-state index contributed by atoms with van der Waals surface area (Å²) in [5, 5.41) is 14.1. The van der Waals surface area contributed by atoms with Gasteiger partial charge in [0.05, 0.1) is 5.69 Å². The van der Waals surface area contributed by atoms with Gasteiger partial charge >= 0.3 is 0 Å². The van der Waals surface area contributed by atoms with Crippen molar-refractivity contribution in [1.82, 2.24) is 25.6 Å². The quantitative estimate of drug-likeness (QED) is 0.787. The first-order valence-electron chi connectivity index (χ1n) is 9.35. The summed E-state index contributed by atoms with van der Waals surface area (Å²) in [5.41, 5.74) is 3.42. The number of carbonyl (C=O) groups excluding carboxylic acids is 2. The predicted octanol–water partition coefficient (Wildman–Crippen LogP) is 2.72. The lowest BCUT2D eigenvalue weighted by molar-refractivity contribution is 0.0941. The lowest BCUT2D eigenvalue weighted by Gasteiger charge is -2.08. The molecule has 3 rings (SSSR count). The summed E-state index contributed by atoms with van der Waals surface area (Å²) >= 11 is 0. The van der Waals surface area contributed by atoms with Gasteiger partial charge in [-0.3, -0.25) is 9.59 Å². The fraction of sp³-hybridized carbons (Fsp3) is 0.400. The third-order valence-corrected chi connectivity index (χ3v) is 4.48. The molecular formula is C20H25N5O2. The minimum Gasteiger partial charge on any atom is -0.352 e. The van der Waals surface area contributed by atoms with Crippen molar-refractivity contribution in [2.24, 2.45) is 0 Å². The van der Waals surface area contributed by atoms with Crippen molar-refractivity contribution >= 4 is 17.9 Å². The van der Waals surface area contributed by atoms with Crippen LogP contribution >= 0.6 is 0 Å². The maximum atomic E-state index is 12.5.